The Labute approximate surface area is 186 Å². The number of alkyl halides is 2. The summed E-state index contributed by atoms with van der Waals surface area (Å²) in [5.74, 6) is 0.462. The van der Waals surface area contributed by atoms with Crippen molar-refractivity contribution in [3.8, 4) is 11.5 Å². The van der Waals surface area contributed by atoms with Gasteiger partial charge >= 0.3 is 6.61 Å². The molecule has 3 aromatic carbocycles. The fraction of sp³-hybridized carbons (Fsp3) is 0.240. The number of rotatable bonds is 9. The average molecular weight is 440 g/mol. The van der Waals surface area contributed by atoms with E-state index in [1.54, 1.807) is 19.2 Å². The zero-order valence-corrected chi connectivity index (χ0v) is 18.2. The molecule has 0 fully saturated rings. The lowest BCUT2D eigenvalue weighted by atomic mass is 10.0. The van der Waals surface area contributed by atoms with Crippen LogP contribution >= 0.6 is 0 Å². The van der Waals surface area contributed by atoms with Crippen molar-refractivity contribution in [2.24, 2.45) is 0 Å². The molecule has 3 rings (SSSR count). The highest BCUT2D eigenvalue weighted by molar-refractivity contribution is 5.96. The molecule has 0 aliphatic carbocycles. The molecule has 168 valence electrons. The lowest BCUT2D eigenvalue weighted by Crippen LogP contribution is -2.34. The Kier molecular flexibility index (Phi) is 7.78. The normalized spacial score (nSPS) is 12.0. The number of methoxy groups -OCH3 is 1. The van der Waals surface area contributed by atoms with Gasteiger partial charge in [0, 0.05) is 6.54 Å². The van der Waals surface area contributed by atoms with Crippen LogP contribution in [-0.2, 0) is 11.3 Å². The molecule has 1 N–H and O–H groups in total. The molecular formula is C25H26F2N2O3. The highest BCUT2D eigenvalue weighted by atomic mass is 19.3. The summed E-state index contributed by atoms with van der Waals surface area (Å²) in [4.78, 5) is 15.3. The van der Waals surface area contributed by atoms with Crippen molar-refractivity contribution in [1.82, 2.24) is 4.90 Å². The summed E-state index contributed by atoms with van der Waals surface area (Å²) in [7, 11) is 3.40. The van der Waals surface area contributed by atoms with Crippen LogP contribution in [0.5, 0.6) is 11.5 Å². The van der Waals surface area contributed by atoms with Gasteiger partial charge in [-0.1, -0.05) is 48.5 Å². The summed E-state index contributed by atoms with van der Waals surface area (Å²) >= 11 is 0. The third-order valence-corrected chi connectivity index (χ3v) is 5.00. The van der Waals surface area contributed by atoms with Gasteiger partial charge in [0.05, 0.1) is 12.8 Å². The largest absolute Gasteiger partial charge is 0.495 e. The van der Waals surface area contributed by atoms with Gasteiger partial charge in [0.25, 0.3) is 0 Å². The molecule has 0 aliphatic rings. The van der Waals surface area contributed by atoms with E-state index in [1.807, 2.05) is 67.4 Å². The molecule has 1 amide bonds. The number of likely N-dealkylation sites (N-methyl/N-ethyl adjacent to an activating group) is 1. The zero-order chi connectivity index (χ0) is 23.1. The molecule has 0 saturated heterocycles. The SMILES string of the molecule is COc1ccc(C)cc1NC(=O)C(c1ccccc1)N(C)Cc1ccc(OC(F)F)cc1. The van der Waals surface area contributed by atoms with E-state index in [0.29, 0.717) is 18.0 Å². The lowest BCUT2D eigenvalue weighted by Gasteiger charge is -2.28. The quantitative estimate of drug-likeness (QED) is 0.483. The molecule has 0 aliphatic heterocycles. The van der Waals surface area contributed by atoms with E-state index in [2.05, 4.69) is 10.1 Å². The van der Waals surface area contributed by atoms with Gasteiger partial charge in [-0.15, -0.1) is 0 Å². The Bertz CT molecular complexity index is 1030. The minimum Gasteiger partial charge on any atom is -0.495 e. The number of amides is 1. The highest BCUT2D eigenvalue weighted by Gasteiger charge is 2.26. The second-order valence-corrected chi connectivity index (χ2v) is 7.44. The van der Waals surface area contributed by atoms with E-state index in [9.17, 15) is 13.6 Å². The maximum atomic E-state index is 13.4. The van der Waals surface area contributed by atoms with E-state index in [1.165, 1.54) is 12.1 Å². The van der Waals surface area contributed by atoms with Gasteiger partial charge in [-0.05, 0) is 54.9 Å². The molecule has 32 heavy (non-hydrogen) atoms. The number of carbonyl (C=O) groups is 1. The fourth-order valence-corrected chi connectivity index (χ4v) is 3.52. The van der Waals surface area contributed by atoms with Crippen LogP contribution in [0.15, 0.2) is 72.8 Å². The monoisotopic (exact) mass is 440 g/mol. The van der Waals surface area contributed by atoms with Gasteiger partial charge in [-0.25, -0.2) is 0 Å². The van der Waals surface area contributed by atoms with Gasteiger partial charge < -0.3 is 14.8 Å². The molecule has 7 heteroatoms. The third kappa shape index (κ3) is 6.04. The van der Waals surface area contributed by atoms with Crippen molar-refractivity contribution in [1.29, 1.82) is 0 Å². The molecular weight excluding hydrogens is 414 g/mol. The number of nitrogens with zero attached hydrogens (tertiary/aromatic N) is 1. The van der Waals surface area contributed by atoms with Crippen LogP contribution in [0.3, 0.4) is 0 Å². The average Bonchev–Trinajstić information content (AvgIpc) is 2.76. The summed E-state index contributed by atoms with van der Waals surface area (Å²) < 4.78 is 34.6. The fourth-order valence-electron chi connectivity index (χ4n) is 3.52. The van der Waals surface area contributed by atoms with Gasteiger partial charge in [0.2, 0.25) is 5.91 Å². The van der Waals surface area contributed by atoms with E-state index in [0.717, 1.165) is 16.7 Å². The molecule has 1 atom stereocenters. The molecule has 0 spiro atoms. The topological polar surface area (TPSA) is 50.8 Å². The van der Waals surface area contributed by atoms with Gasteiger partial charge in [0.15, 0.2) is 0 Å². The number of halogens is 2. The summed E-state index contributed by atoms with van der Waals surface area (Å²) in [5.41, 5.74) is 3.28. The number of hydrogen-bond donors (Lipinski definition) is 1. The zero-order valence-electron chi connectivity index (χ0n) is 18.2. The molecule has 1 unspecified atom stereocenters. The van der Waals surface area contributed by atoms with E-state index < -0.39 is 12.7 Å². The van der Waals surface area contributed by atoms with E-state index in [-0.39, 0.29) is 11.7 Å². The summed E-state index contributed by atoms with van der Waals surface area (Å²) in [6, 6.07) is 20.8. The van der Waals surface area contributed by atoms with Crippen LogP contribution in [0.2, 0.25) is 0 Å². The molecule has 0 saturated carbocycles. The highest BCUT2D eigenvalue weighted by Crippen LogP contribution is 2.29. The lowest BCUT2D eigenvalue weighted by molar-refractivity contribution is -0.121. The van der Waals surface area contributed by atoms with Crippen LogP contribution in [0.25, 0.3) is 0 Å². The minimum atomic E-state index is -2.87. The smallest absolute Gasteiger partial charge is 0.387 e. The Morgan fingerprint density at radius 2 is 1.72 bits per heavy atom. The molecule has 0 radical (unpaired) electrons. The van der Waals surface area contributed by atoms with Crippen molar-refractivity contribution in [2.75, 3.05) is 19.5 Å². The van der Waals surface area contributed by atoms with Crippen LogP contribution in [-0.4, -0.2) is 31.6 Å². The Balaban J connectivity index is 1.83. The predicted molar refractivity (Wildman–Crippen MR) is 120 cm³/mol. The first-order chi connectivity index (χ1) is 15.4. The first-order valence-electron chi connectivity index (χ1n) is 10.1. The molecule has 5 nitrogen and oxygen atoms in total. The Morgan fingerprint density at radius 1 is 1.03 bits per heavy atom. The number of carbonyl (C=O) groups excluding carboxylic acids is 1. The number of ether oxygens (including phenoxy) is 2. The minimum absolute atomic E-state index is 0.0929. The summed E-state index contributed by atoms with van der Waals surface area (Å²) in [5, 5.41) is 2.99. The van der Waals surface area contributed by atoms with E-state index in [4.69, 9.17) is 4.74 Å². The van der Waals surface area contributed by atoms with Crippen molar-refractivity contribution >= 4 is 11.6 Å². The predicted octanol–water partition coefficient (Wildman–Crippen LogP) is 5.42. The van der Waals surface area contributed by atoms with Gasteiger partial charge in [-0.3, -0.25) is 9.69 Å². The van der Waals surface area contributed by atoms with Crippen molar-refractivity contribution in [3.63, 3.8) is 0 Å². The maximum absolute atomic E-state index is 13.4. The van der Waals surface area contributed by atoms with E-state index >= 15 is 0 Å². The Hall–Kier alpha value is -3.45. The van der Waals surface area contributed by atoms with Gasteiger partial charge in [-0.2, -0.15) is 8.78 Å². The second-order valence-electron chi connectivity index (χ2n) is 7.44. The number of aryl methyl sites for hydroxylation is 1. The first-order valence-corrected chi connectivity index (χ1v) is 10.1. The first kappa shape index (κ1) is 23.2. The van der Waals surface area contributed by atoms with Crippen LogP contribution in [0, 0.1) is 6.92 Å². The maximum Gasteiger partial charge on any atom is 0.387 e. The molecule has 0 aromatic heterocycles. The summed E-state index contributed by atoms with van der Waals surface area (Å²) in [6.07, 6.45) is 0. The van der Waals surface area contributed by atoms with Crippen LogP contribution in [0.4, 0.5) is 14.5 Å². The number of benzene rings is 3. The number of anilines is 1. The molecule has 0 heterocycles. The molecule has 3 aromatic rings. The summed E-state index contributed by atoms with van der Waals surface area (Å²) in [6.45, 7) is -0.502. The van der Waals surface area contributed by atoms with Crippen LogP contribution in [0.1, 0.15) is 22.7 Å². The van der Waals surface area contributed by atoms with Crippen LogP contribution < -0.4 is 14.8 Å². The third-order valence-electron chi connectivity index (χ3n) is 5.00. The van der Waals surface area contributed by atoms with Crippen molar-refractivity contribution in [3.05, 3.63) is 89.5 Å². The van der Waals surface area contributed by atoms with Crippen molar-refractivity contribution < 1.29 is 23.0 Å². The Morgan fingerprint density at radius 3 is 2.34 bits per heavy atom. The van der Waals surface area contributed by atoms with Crippen molar-refractivity contribution in [2.45, 2.75) is 26.1 Å². The second kappa shape index (κ2) is 10.7. The standard InChI is InChI=1S/C25H26F2N2O3/c1-17-9-14-22(31-3)21(15-17)28-24(30)23(19-7-5-4-6-8-19)29(2)16-18-10-12-20(13-11-18)32-25(26)27/h4-15,23,25H,16H2,1-3H3,(H,28,30). The van der Waals surface area contributed by atoms with Gasteiger partial charge in [0.1, 0.15) is 17.5 Å². The molecule has 0 bridgehead atoms. The number of nitrogens with one attached hydrogen (secondary N) is 1. The number of hydrogen-bond acceptors (Lipinski definition) is 4.